The average Bonchev–Trinajstić information content (AvgIpc) is 2.90. The number of carbonyl (C=O) groups is 3. The maximum atomic E-state index is 12.4. The predicted molar refractivity (Wildman–Crippen MR) is 106 cm³/mol. The summed E-state index contributed by atoms with van der Waals surface area (Å²) in [5.74, 6) is -2.08. The topological polar surface area (TPSA) is 99.1 Å². The van der Waals surface area contributed by atoms with Crippen LogP contribution in [0.2, 0.25) is 0 Å². The summed E-state index contributed by atoms with van der Waals surface area (Å²) >= 11 is 0. The summed E-state index contributed by atoms with van der Waals surface area (Å²) in [4.78, 5) is 36.1. The number of carbonyl (C=O) groups excluding carboxylic acids is 3. The molecule has 0 saturated carbocycles. The smallest absolute Gasteiger partial charge is 0.334 e. The Morgan fingerprint density at radius 2 is 2.00 bits per heavy atom. The molecule has 0 radical (unpaired) electrons. The zero-order valence-corrected chi connectivity index (χ0v) is 17.3. The molecule has 4 unspecified atom stereocenters. The standard InChI is InChI=1S/C22H28O7/c1-12-6-7-17(27-16(5)24)14(3)11-19-20(15(4)22(26)29-19)18(10-12)28-21(25)13(2)8-9-23/h6,8,11,17-20,23H,4,7,9-10H2,1-3,5H3/b12-6+,13-8+,14-11-. The Balaban J connectivity index is 2.42. The minimum atomic E-state index is -0.682. The van der Waals surface area contributed by atoms with Crippen LogP contribution in [0.5, 0.6) is 0 Å². The molecule has 0 amide bonds. The first-order valence-corrected chi connectivity index (χ1v) is 9.53. The van der Waals surface area contributed by atoms with E-state index < -0.39 is 42.1 Å². The van der Waals surface area contributed by atoms with E-state index >= 15 is 0 Å². The van der Waals surface area contributed by atoms with Gasteiger partial charge in [0.1, 0.15) is 18.3 Å². The molecule has 7 nitrogen and oxygen atoms in total. The molecule has 2 aliphatic rings. The minimum Gasteiger partial charge on any atom is -0.458 e. The number of aliphatic hydroxyl groups excluding tert-OH is 1. The van der Waals surface area contributed by atoms with Gasteiger partial charge >= 0.3 is 17.9 Å². The van der Waals surface area contributed by atoms with Crippen molar-refractivity contribution in [3.8, 4) is 0 Å². The largest absolute Gasteiger partial charge is 0.458 e. The molecule has 7 heteroatoms. The highest BCUT2D eigenvalue weighted by atomic mass is 16.6. The number of fused-ring (bicyclic) bond motifs is 1. The average molecular weight is 404 g/mol. The monoisotopic (exact) mass is 404 g/mol. The number of esters is 3. The van der Waals surface area contributed by atoms with Crippen molar-refractivity contribution in [3.63, 3.8) is 0 Å². The van der Waals surface area contributed by atoms with E-state index in [2.05, 4.69) is 6.58 Å². The van der Waals surface area contributed by atoms with E-state index in [1.54, 1.807) is 19.9 Å². The molecule has 1 aliphatic carbocycles. The van der Waals surface area contributed by atoms with E-state index in [0.717, 1.165) is 11.1 Å². The van der Waals surface area contributed by atoms with Gasteiger partial charge in [-0.25, -0.2) is 9.59 Å². The second-order valence-corrected chi connectivity index (χ2v) is 7.43. The van der Waals surface area contributed by atoms with Crippen molar-refractivity contribution in [2.75, 3.05) is 6.61 Å². The van der Waals surface area contributed by atoms with Crippen LogP contribution in [-0.2, 0) is 28.6 Å². The van der Waals surface area contributed by atoms with Crippen LogP contribution < -0.4 is 0 Å². The van der Waals surface area contributed by atoms with Crippen LogP contribution in [0.15, 0.2) is 47.1 Å². The number of rotatable bonds is 4. The van der Waals surface area contributed by atoms with E-state index in [9.17, 15) is 14.4 Å². The van der Waals surface area contributed by atoms with Gasteiger partial charge in [-0.3, -0.25) is 4.79 Å². The fourth-order valence-electron chi connectivity index (χ4n) is 3.48. The minimum absolute atomic E-state index is 0.234. The predicted octanol–water partition coefficient (Wildman–Crippen LogP) is 2.55. The number of hydrogen-bond acceptors (Lipinski definition) is 7. The third kappa shape index (κ3) is 5.67. The second-order valence-electron chi connectivity index (χ2n) is 7.43. The number of ether oxygens (including phenoxy) is 3. The van der Waals surface area contributed by atoms with Crippen LogP contribution in [0.25, 0.3) is 0 Å². The molecular formula is C22H28O7. The van der Waals surface area contributed by atoms with Crippen molar-refractivity contribution in [1.29, 1.82) is 0 Å². The summed E-state index contributed by atoms with van der Waals surface area (Å²) in [5.41, 5.74) is 2.17. The molecule has 1 heterocycles. The van der Waals surface area contributed by atoms with Gasteiger partial charge in [-0.2, -0.15) is 0 Å². The van der Waals surface area contributed by atoms with E-state index in [4.69, 9.17) is 19.3 Å². The van der Waals surface area contributed by atoms with Crippen molar-refractivity contribution >= 4 is 17.9 Å². The molecule has 29 heavy (non-hydrogen) atoms. The summed E-state index contributed by atoms with van der Waals surface area (Å²) in [5, 5.41) is 9.01. The molecule has 0 aromatic heterocycles. The maximum Gasteiger partial charge on any atom is 0.334 e. The molecular weight excluding hydrogens is 376 g/mol. The first-order chi connectivity index (χ1) is 13.6. The Morgan fingerprint density at radius 1 is 1.31 bits per heavy atom. The molecule has 1 saturated heterocycles. The van der Waals surface area contributed by atoms with E-state index in [1.165, 1.54) is 13.0 Å². The summed E-state index contributed by atoms with van der Waals surface area (Å²) in [6.45, 7) is 10.2. The first-order valence-electron chi connectivity index (χ1n) is 9.53. The van der Waals surface area contributed by atoms with Crippen molar-refractivity contribution in [1.82, 2.24) is 0 Å². The highest BCUT2D eigenvalue weighted by Crippen LogP contribution is 2.36. The van der Waals surface area contributed by atoms with Gasteiger partial charge in [0.2, 0.25) is 0 Å². The van der Waals surface area contributed by atoms with E-state index in [-0.39, 0.29) is 17.8 Å². The quantitative estimate of drug-likeness (QED) is 0.333. The normalized spacial score (nSPS) is 31.6. The summed E-state index contributed by atoms with van der Waals surface area (Å²) in [6.07, 6.45) is 4.05. The summed E-state index contributed by atoms with van der Waals surface area (Å²) < 4.78 is 16.6. The van der Waals surface area contributed by atoms with Crippen molar-refractivity contribution in [2.24, 2.45) is 5.92 Å². The van der Waals surface area contributed by atoms with Crippen LogP contribution in [0.4, 0.5) is 0 Å². The highest BCUT2D eigenvalue weighted by molar-refractivity contribution is 5.92. The second kappa shape index (κ2) is 9.69. The molecule has 0 aromatic rings. The van der Waals surface area contributed by atoms with Crippen LogP contribution in [0, 0.1) is 5.92 Å². The van der Waals surface area contributed by atoms with Gasteiger partial charge in [-0.05, 0) is 38.5 Å². The fourth-order valence-corrected chi connectivity index (χ4v) is 3.48. The zero-order chi connectivity index (χ0) is 21.7. The fraction of sp³-hybridized carbons (Fsp3) is 0.500. The zero-order valence-electron chi connectivity index (χ0n) is 17.3. The van der Waals surface area contributed by atoms with Gasteiger partial charge in [-0.15, -0.1) is 0 Å². The van der Waals surface area contributed by atoms with Gasteiger partial charge < -0.3 is 19.3 Å². The van der Waals surface area contributed by atoms with Crippen molar-refractivity contribution in [3.05, 3.63) is 47.1 Å². The maximum absolute atomic E-state index is 12.4. The third-order valence-corrected chi connectivity index (χ3v) is 5.09. The Morgan fingerprint density at radius 3 is 2.62 bits per heavy atom. The van der Waals surface area contributed by atoms with Crippen molar-refractivity contribution < 1.29 is 33.7 Å². The van der Waals surface area contributed by atoms with Gasteiger partial charge in [0.05, 0.1) is 12.5 Å². The van der Waals surface area contributed by atoms with Crippen LogP contribution >= 0.6 is 0 Å². The van der Waals surface area contributed by atoms with E-state index in [1.807, 2.05) is 13.0 Å². The third-order valence-electron chi connectivity index (χ3n) is 5.09. The van der Waals surface area contributed by atoms with Gasteiger partial charge in [-0.1, -0.05) is 18.2 Å². The SMILES string of the molecule is C=C1C(=O)OC2/C=C(/C)C(OC(C)=O)C/C=C(\C)CC(OC(=O)/C(C)=C/CO)C12. The molecule has 1 N–H and O–H groups in total. The van der Waals surface area contributed by atoms with E-state index in [0.29, 0.717) is 12.8 Å². The Labute approximate surface area is 170 Å². The van der Waals surface area contributed by atoms with Gasteiger partial charge in [0.15, 0.2) is 0 Å². The van der Waals surface area contributed by atoms with Crippen LogP contribution in [0.3, 0.4) is 0 Å². The molecule has 0 spiro atoms. The highest BCUT2D eigenvalue weighted by Gasteiger charge is 2.44. The lowest BCUT2D eigenvalue weighted by atomic mass is 9.85. The number of hydrogen-bond donors (Lipinski definition) is 1. The molecule has 4 atom stereocenters. The van der Waals surface area contributed by atoms with Gasteiger partial charge in [0.25, 0.3) is 0 Å². The lowest BCUT2D eigenvalue weighted by molar-refractivity contribution is -0.148. The van der Waals surface area contributed by atoms with Crippen molar-refractivity contribution in [2.45, 2.75) is 58.8 Å². The Bertz CT molecular complexity index is 787. The molecule has 0 bridgehead atoms. The lowest BCUT2D eigenvalue weighted by Gasteiger charge is -2.28. The Hall–Kier alpha value is -2.67. The Kier molecular flexibility index (Phi) is 7.56. The molecule has 1 aliphatic heterocycles. The molecule has 158 valence electrons. The van der Waals surface area contributed by atoms with Crippen LogP contribution in [-0.4, -0.2) is 47.9 Å². The molecule has 0 aromatic carbocycles. The first kappa shape index (κ1) is 22.6. The van der Waals surface area contributed by atoms with Crippen LogP contribution in [0.1, 0.15) is 40.5 Å². The summed E-state index contributed by atoms with van der Waals surface area (Å²) in [7, 11) is 0. The molecule has 2 rings (SSSR count). The molecule has 1 fully saturated rings. The summed E-state index contributed by atoms with van der Waals surface area (Å²) in [6, 6.07) is 0. The van der Waals surface area contributed by atoms with Gasteiger partial charge in [0, 0.05) is 30.9 Å². The number of aliphatic hydroxyl groups is 1. The lowest BCUT2D eigenvalue weighted by Crippen LogP contribution is -2.34.